The van der Waals surface area contributed by atoms with Crippen LogP contribution in [0.15, 0.2) is 24.3 Å². The Labute approximate surface area is 88.2 Å². The van der Waals surface area contributed by atoms with Gasteiger partial charge in [-0.25, -0.2) is 0 Å². The molecule has 0 aliphatic heterocycles. The highest BCUT2D eigenvalue weighted by molar-refractivity contribution is 5.96. The number of hydrogen-bond acceptors (Lipinski definition) is 3. The van der Waals surface area contributed by atoms with Crippen molar-refractivity contribution in [1.82, 2.24) is 0 Å². The standard InChI is InChI=1S/C11H12N2O2/c1-11(2,7-12)10(15)13-8-3-5-9(14)6-4-8/h3-6,14H,1-2H3,(H,13,15). The number of benzene rings is 1. The molecule has 1 amide bonds. The van der Waals surface area contributed by atoms with E-state index in [1.165, 1.54) is 12.1 Å². The molecule has 0 unspecified atom stereocenters. The summed E-state index contributed by atoms with van der Waals surface area (Å²) in [7, 11) is 0. The van der Waals surface area contributed by atoms with E-state index >= 15 is 0 Å². The number of carbonyl (C=O) groups is 1. The smallest absolute Gasteiger partial charge is 0.244 e. The second-order valence-electron chi connectivity index (χ2n) is 3.74. The molecule has 0 atom stereocenters. The van der Waals surface area contributed by atoms with E-state index in [0.717, 1.165) is 0 Å². The zero-order chi connectivity index (χ0) is 11.5. The number of phenols is 1. The summed E-state index contributed by atoms with van der Waals surface area (Å²) < 4.78 is 0. The lowest BCUT2D eigenvalue weighted by Gasteiger charge is -2.14. The first kappa shape index (κ1) is 11.1. The number of hydrogen-bond donors (Lipinski definition) is 2. The number of nitriles is 1. The molecule has 78 valence electrons. The number of nitrogens with zero attached hydrogens (tertiary/aromatic N) is 1. The summed E-state index contributed by atoms with van der Waals surface area (Å²) in [5.74, 6) is -0.233. The molecule has 0 radical (unpaired) electrons. The molecule has 15 heavy (non-hydrogen) atoms. The fourth-order valence-corrected chi connectivity index (χ4v) is 0.883. The van der Waals surface area contributed by atoms with Gasteiger partial charge in [-0.3, -0.25) is 4.79 Å². The number of rotatable bonds is 2. The monoisotopic (exact) mass is 204 g/mol. The van der Waals surface area contributed by atoms with Crippen molar-refractivity contribution >= 4 is 11.6 Å². The predicted octanol–water partition coefficient (Wildman–Crippen LogP) is 1.88. The van der Waals surface area contributed by atoms with Crippen molar-refractivity contribution in [3.63, 3.8) is 0 Å². The minimum Gasteiger partial charge on any atom is -0.508 e. The Hall–Kier alpha value is -2.02. The van der Waals surface area contributed by atoms with Gasteiger partial charge in [-0.1, -0.05) is 0 Å². The molecule has 1 rings (SSSR count). The Morgan fingerprint density at radius 2 is 1.93 bits per heavy atom. The Bertz CT molecular complexity index is 402. The molecule has 0 saturated carbocycles. The van der Waals surface area contributed by atoms with E-state index in [-0.39, 0.29) is 11.7 Å². The molecule has 1 aromatic carbocycles. The lowest BCUT2D eigenvalue weighted by molar-refractivity contribution is -0.121. The van der Waals surface area contributed by atoms with Gasteiger partial charge in [0.05, 0.1) is 6.07 Å². The summed E-state index contributed by atoms with van der Waals surface area (Å²) in [5.41, 5.74) is -0.501. The summed E-state index contributed by atoms with van der Waals surface area (Å²) in [6, 6.07) is 7.99. The largest absolute Gasteiger partial charge is 0.508 e. The lowest BCUT2D eigenvalue weighted by Crippen LogP contribution is -2.29. The van der Waals surface area contributed by atoms with E-state index in [0.29, 0.717) is 5.69 Å². The average Bonchev–Trinajstić information content (AvgIpc) is 2.21. The van der Waals surface area contributed by atoms with Gasteiger partial charge in [0.1, 0.15) is 11.2 Å². The quantitative estimate of drug-likeness (QED) is 0.722. The van der Waals surface area contributed by atoms with Crippen molar-refractivity contribution in [2.24, 2.45) is 5.41 Å². The fourth-order valence-electron chi connectivity index (χ4n) is 0.883. The summed E-state index contributed by atoms with van der Waals surface area (Å²) in [6.07, 6.45) is 0. The van der Waals surface area contributed by atoms with Gasteiger partial charge in [0.2, 0.25) is 5.91 Å². The maximum absolute atomic E-state index is 11.6. The van der Waals surface area contributed by atoms with Gasteiger partial charge in [-0.05, 0) is 38.1 Å². The van der Waals surface area contributed by atoms with Crippen LogP contribution in [0, 0.1) is 16.7 Å². The highest BCUT2D eigenvalue weighted by atomic mass is 16.3. The first-order chi connectivity index (χ1) is 6.95. The zero-order valence-corrected chi connectivity index (χ0v) is 8.61. The van der Waals surface area contributed by atoms with E-state index in [9.17, 15) is 4.79 Å². The Morgan fingerprint density at radius 3 is 2.40 bits per heavy atom. The molecular formula is C11H12N2O2. The number of carbonyl (C=O) groups excluding carboxylic acids is 1. The highest BCUT2D eigenvalue weighted by Crippen LogP contribution is 2.19. The maximum Gasteiger partial charge on any atom is 0.244 e. The van der Waals surface area contributed by atoms with Crippen LogP contribution in [0.25, 0.3) is 0 Å². The van der Waals surface area contributed by atoms with Crippen LogP contribution in [0.3, 0.4) is 0 Å². The van der Waals surface area contributed by atoms with Gasteiger partial charge in [-0.15, -0.1) is 0 Å². The first-order valence-corrected chi connectivity index (χ1v) is 4.47. The van der Waals surface area contributed by atoms with Gasteiger partial charge in [0, 0.05) is 5.69 Å². The van der Waals surface area contributed by atoms with E-state index in [1.54, 1.807) is 26.0 Å². The molecule has 0 aliphatic carbocycles. The third kappa shape index (κ3) is 2.71. The number of nitrogens with one attached hydrogen (secondary N) is 1. The number of amides is 1. The zero-order valence-electron chi connectivity index (χ0n) is 8.61. The minimum atomic E-state index is -1.06. The third-order valence-corrected chi connectivity index (χ3v) is 1.97. The summed E-state index contributed by atoms with van der Waals surface area (Å²) in [5, 5.41) is 20.4. The summed E-state index contributed by atoms with van der Waals surface area (Å²) in [6.45, 7) is 3.09. The van der Waals surface area contributed by atoms with Crippen LogP contribution in [0.4, 0.5) is 5.69 Å². The van der Waals surface area contributed by atoms with Gasteiger partial charge < -0.3 is 10.4 Å². The van der Waals surface area contributed by atoms with Crippen molar-refractivity contribution in [3.8, 4) is 11.8 Å². The van der Waals surface area contributed by atoms with Crippen LogP contribution in [-0.4, -0.2) is 11.0 Å². The SMILES string of the molecule is CC(C)(C#N)C(=O)Nc1ccc(O)cc1. The van der Waals surface area contributed by atoms with Crippen LogP contribution in [0.2, 0.25) is 0 Å². The molecule has 4 nitrogen and oxygen atoms in total. The van der Waals surface area contributed by atoms with Gasteiger partial charge in [-0.2, -0.15) is 5.26 Å². The van der Waals surface area contributed by atoms with Crippen LogP contribution in [-0.2, 0) is 4.79 Å². The third-order valence-electron chi connectivity index (χ3n) is 1.97. The molecule has 0 aliphatic rings. The summed E-state index contributed by atoms with van der Waals surface area (Å²) in [4.78, 5) is 11.6. The Balaban J connectivity index is 2.76. The maximum atomic E-state index is 11.6. The normalized spacial score (nSPS) is 10.5. The van der Waals surface area contributed by atoms with Crippen molar-refractivity contribution in [3.05, 3.63) is 24.3 Å². The van der Waals surface area contributed by atoms with Crippen LogP contribution >= 0.6 is 0 Å². The molecule has 0 spiro atoms. The molecule has 0 heterocycles. The molecule has 0 aromatic heterocycles. The number of aromatic hydroxyl groups is 1. The minimum absolute atomic E-state index is 0.132. The average molecular weight is 204 g/mol. The lowest BCUT2D eigenvalue weighted by atomic mass is 9.95. The van der Waals surface area contributed by atoms with E-state index in [1.807, 2.05) is 6.07 Å². The van der Waals surface area contributed by atoms with Crippen molar-refractivity contribution in [2.45, 2.75) is 13.8 Å². The Morgan fingerprint density at radius 1 is 1.40 bits per heavy atom. The van der Waals surface area contributed by atoms with Gasteiger partial charge in [0.15, 0.2) is 0 Å². The number of phenolic OH excluding ortho intramolecular Hbond substituents is 1. The summed E-state index contributed by atoms with van der Waals surface area (Å²) >= 11 is 0. The van der Waals surface area contributed by atoms with Crippen molar-refractivity contribution in [1.29, 1.82) is 5.26 Å². The molecule has 0 fully saturated rings. The number of anilines is 1. The molecule has 0 saturated heterocycles. The van der Waals surface area contributed by atoms with E-state index in [4.69, 9.17) is 10.4 Å². The first-order valence-electron chi connectivity index (χ1n) is 4.47. The van der Waals surface area contributed by atoms with E-state index < -0.39 is 5.41 Å². The predicted molar refractivity (Wildman–Crippen MR) is 56.1 cm³/mol. The fraction of sp³-hybridized carbons (Fsp3) is 0.273. The Kier molecular flexibility index (Phi) is 2.96. The van der Waals surface area contributed by atoms with Crippen molar-refractivity contribution < 1.29 is 9.90 Å². The van der Waals surface area contributed by atoms with Crippen LogP contribution < -0.4 is 5.32 Å². The second-order valence-corrected chi connectivity index (χ2v) is 3.74. The molecule has 2 N–H and O–H groups in total. The molecule has 1 aromatic rings. The molecule has 4 heteroatoms. The topological polar surface area (TPSA) is 73.1 Å². The van der Waals surface area contributed by atoms with Gasteiger partial charge >= 0.3 is 0 Å². The van der Waals surface area contributed by atoms with E-state index in [2.05, 4.69) is 5.32 Å². The molecule has 0 bridgehead atoms. The second kappa shape index (κ2) is 4.01. The van der Waals surface area contributed by atoms with Crippen molar-refractivity contribution in [2.75, 3.05) is 5.32 Å². The molecular weight excluding hydrogens is 192 g/mol. The van der Waals surface area contributed by atoms with Gasteiger partial charge in [0.25, 0.3) is 0 Å². The van der Waals surface area contributed by atoms with Crippen LogP contribution in [0.1, 0.15) is 13.8 Å². The van der Waals surface area contributed by atoms with Crippen LogP contribution in [0.5, 0.6) is 5.75 Å². The highest BCUT2D eigenvalue weighted by Gasteiger charge is 2.27.